The summed E-state index contributed by atoms with van der Waals surface area (Å²) in [4.78, 5) is 16.9. The van der Waals surface area contributed by atoms with Crippen molar-refractivity contribution in [3.05, 3.63) is 65.2 Å². The molecule has 0 bridgehead atoms. The summed E-state index contributed by atoms with van der Waals surface area (Å²) in [6.45, 7) is 2.65. The van der Waals surface area contributed by atoms with Crippen molar-refractivity contribution >= 4 is 17.2 Å². The van der Waals surface area contributed by atoms with Gasteiger partial charge in [0.15, 0.2) is 11.5 Å². The van der Waals surface area contributed by atoms with Gasteiger partial charge in [-0.05, 0) is 29.7 Å². The Morgan fingerprint density at radius 2 is 1.85 bits per heavy atom. The molecule has 1 atom stereocenters. The average Bonchev–Trinajstić information content (AvgIpc) is 3.22. The fraction of sp³-hybridized carbons (Fsp3) is 0.238. The molecular formula is C21H22N2O3S. The van der Waals surface area contributed by atoms with Gasteiger partial charge in [-0.2, -0.15) is 0 Å². The van der Waals surface area contributed by atoms with E-state index in [0.29, 0.717) is 23.7 Å². The molecule has 1 aromatic heterocycles. The fourth-order valence-electron chi connectivity index (χ4n) is 2.72. The van der Waals surface area contributed by atoms with Gasteiger partial charge in [-0.3, -0.25) is 4.79 Å². The van der Waals surface area contributed by atoms with E-state index in [1.165, 1.54) is 16.9 Å². The number of carbonyl (C=O) groups excluding carboxylic acids is 1. The molecular weight excluding hydrogens is 360 g/mol. The average molecular weight is 382 g/mol. The quantitative estimate of drug-likeness (QED) is 0.659. The molecule has 140 valence electrons. The highest BCUT2D eigenvalue weighted by molar-refractivity contribution is 7.13. The molecule has 3 aromatic rings. The van der Waals surface area contributed by atoms with Crippen molar-refractivity contribution in [3.63, 3.8) is 0 Å². The Hall–Kier alpha value is -2.86. The molecule has 1 amide bonds. The molecule has 3 rings (SSSR count). The van der Waals surface area contributed by atoms with Crippen LogP contribution in [-0.2, 0) is 0 Å². The van der Waals surface area contributed by atoms with E-state index in [1.807, 2.05) is 36.4 Å². The van der Waals surface area contributed by atoms with Gasteiger partial charge in [-0.15, -0.1) is 11.3 Å². The first kappa shape index (κ1) is 18.9. The molecule has 0 aliphatic heterocycles. The number of hydrogen-bond donors (Lipinski definition) is 1. The van der Waals surface area contributed by atoms with Crippen LogP contribution >= 0.6 is 11.3 Å². The second-order valence-electron chi connectivity index (χ2n) is 6.13. The fourth-order valence-corrected chi connectivity index (χ4v) is 3.51. The summed E-state index contributed by atoms with van der Waals surface area (Å²) in [5.74, 6) is 1.36. The molecule has 0 spiro atoms. The lowest BCUT2D eigenvalue weighted by Crippen LogP contribution is -2.27. The number of amides is 1. The van der Waals surface area contributed by atoms with E-state index < -0.39 is 0 Å². The summed E-state index contributed by atoms with van der Waals surface area (Å²) in [5, 5.41) is 5.50. The van der Waals surface area contributed by atoms with Crippen LogP contribution in [0.4, 0.5) is 0 Å². The van der Waals surface area contributed by atoms with E-state index >= 15 is 0 Å². The molecule has 5 nitrogen and oxygen atoms in total. The first-order valence-electron chi connectivity index (χ1n) is 8.63. The third-order valence-electron chi connectivity index (χ3n) is 4.30. The van der Waals surface area contributed by atoms with Crippen LogP contribution in [0.3, 0.4) is 0 Å². The Bertz CT molecular complexity index is 909. The summed E-state index contributed by atoms with van der Waals surface area (Å²) in [6, 6.07) is 15.7. The molecule has 6 heteroatoms. The zero-order valence-corrected chi connectivity index (χ0v) is 16.4. The normalized spacial score (nSPS) is 11.7. The Balaban J connectivity index is 1.67. The van der Waals surface area contributed by atoms with Crippen LogP contribution in [0.2, 0.25) is 0 Å². The number of rotatable bonds is 7. The molecule has 0 saturated heterocycles. The highest BCUT2D eigenvalue weighted by atomic mass is 32.1. The number of ether oxygens (including phenoxy) is 2. The minimum absolute atomic E-state index is 0.166. The molecule has 1 heterocycles. The third kappa shape index (κ3) is 4.46. The lowest BCUT2D eigenvalue weighted by Gasteiger charge is -2.12. The summed E-state index contributed by atoms with van der Waals surface area (Å²) in [6.07, 6.45) is 0. The lowest BCUT2D eigenvalue weighted by atomic mass is 10.0. The number of benzene rings is 2. The summed E-state index contributed by atoms with van der Waals surface area (Å²) in [7, 11) is 3.19. The Morgan fingerprint density at radius 3 is 2.56 bits per heavy atom. The minimum Gasteiger partial charge on any atom is -0.493 e. The van der Waals surface area contributed by atoms with Crippen LogP contribution in [0.25, 0.3) is 10.6 Å². The molecule has 0 unspecified atom stereocenters. The van der Waals surface area contributed by atoms with E-state index in [1.54, 1.807) is 19.6 Å². The smallest absolute Gasteiger partial charge is 0.270 e. The van der Waals surface area contributed by atoms with Crippen LogP contribution in [0, 0.1) is 0 Å². The number of thiazole rings is 1. The highest BCUT2D eigenvalue weighted by Gasteiger charge is 2.15. The Morgan fingerprint density at radius 1 is 1.11 bits per heavy atom. The monoisotopic (exact) mass is 382 g/mol. The SMILES string of the molecule is COc1ccc(-c2nc(C(=O)NC[C@H](C)c3ccccc3)cs2)cc1OC. The molecule has 0 aliphatic carbocycles. The maximum atomic E-state index is 12.4. The highest BCUT2D eigenvalue weighted by Crippen LogP contribution is 2.33. The van der Waals surface area contributed by atoms with Crippen molar-refractivity contribution in [3.8, 4) is 22.1 Å². The second-order valence-corrected chi connectivity index (χ2v) is 6.99. The summed E-state index contributed by atoms with van der Waals surface area (Å²) < 4.78 is 10.6. The zero-order chi connectivity index (χ0) is 19.2. The van der Waals surface area contributed by atoms with Gasteiger partial charge >= 0.3 is 0 Å². The molecule has 0 fully saturated rings. The van der Waals surface area contributed by atoms with Gasteiger partial charge < -0.3 is 14.8 Å². The van der Waals surface area contributed by atoms with E-state index in [-0.39, 0.29) is 11.8 Å². The molecule has 0 aliphatic rings. The zero-order valence-electron chi connectivity index (χ0n) is 15.6. The minimum atomic E-state index is -0.166. The maximum Gasteiger partial charge on any atom is 0.270 e. The number of hydrogen-bond acceptors (Lipinski definition) is 5. The van der Waals surface area contributed by atoms with E-state index in [0.717, 1.165) is 10.6 Å². The maximum absolute atomic E-state index is 12.4. The van der Waals surface area contributed by atoms with Crippen LogP contribution < -0.4 is 14.8 Å². The number of nitrogens with one attached hydrogen (secondary N) is 1. The standard InChI is InChI=1S/C21H22N2O3S/c1-14(15-7-5-4-6-8-15)12-22-20(24)17-13-27-21(23-17)16-9-10-18(25-2)19(11-16)26-3/h4-11,13-14H,12H2,1-3H3,(H,22,24)/t14-/m0/s1. The Labute approximate surface area is 163 Å². The van der Waals surface area contributed by atoms with Crippen molar-refractivity contribution in [2.24, 2.45) is 0 Å². The third-order valence-corrected chi connectivity index (χ3v) is 5.20. The summed E-state index contributed by atoms with van der Waals surface area (Å²) in [5.41, 5.74) is 2.50. The number of carbonyl (C=O) groups is 1. The molecule has 2 aromatic carbocycles. The Kier molecular flexibility index (Phi) is 6.08. The lowest BCUT2D eigenvalue weighted by molar-refractivity contribution is 0.0947. The van der Waals surface area contributed by atoms with E-state index in [4.69, 9.17) is 9.47 Å². The van der Waals surface area contributed by atoms with Gasteiger partial charge in [0.1, 0.15) is 10.7 Å². The van der Waals surface area contributed by atoms with Crippen molar-refractivity contribution in [1.29, 1.82) is 0 Å². The first-order valence-corrected chi connectivity index (χ1v) is 9.51. The van der Waals surface area contributed by atoms with Gasteiger partial charge in [0.25, 0.3) is 5.91 Å². The second kappa shape index (κ2) is 8.68. The number of methoxy groups -OCH3 is 2. The van der Waals surface area contributed by atoms with Crippen molar-refractivity contribution in [2.75, 3.05) is 20.8 Å². The van der Waals surface area contributed by atoms with Gasteiger partial charge in [0.2, 0.25) is 0 Å². The molecule has 0 radical (unpaired) electrons. The van der Waals surface area contributed by atoms with Gasteiger partial charge in [0, 0.05) is 17.5 Å². The largest absolute Gasteiger partial charge is 0.493 e. The topological polar surface area (TPSA) is 60.5 Å². The van der Waals surface area contributed by atoms with Crippen LogP contribution in [-0.4, -0.2) is 31.7 Å². The van der Waals surface area contributed by atoms with Gasteiger partial charge in [-0.1, -0.05) is 37.3 Å². The van der Waals surface area contributed by atoms with E-state index in [9.17, 15) is 4.79 Å². The number of nitrogens with zero attached hydrogens (tertiary/aromatic N) is 1. The van der Waals surface area contributed by atoms with Crippen molar-refractivity contribution in [2.45, 2.75) is 12.8 Å². The van der Waals surface area contributed by atoms with Gasteiger partial charge in [-0.25, -0.2) is 4.98 Å². The van der Waals surface area contributed by atoms with E-state index in [2.05, 4.69) is 29.4 Å². The van der Waals surface area contributed by atoms with Gasteiger partial charge in [0.05, 0.1) is 14.2 Å². The van der Waals surface area contributed by atoms with Crippen LogP contribution in [0.1, 0.15) is 28.9 Å². The van der Waals surface area contributed by atoms with Crippen molar-refractivity contribution in [1.82, 2.24) is 10.3 Å². The molecule has 27 heavy (non-hydrogen) atoms. The van der Waals surface area contributed by atoms with Crippen LogP contribution in [0.15, 0.2) is 53.9 Å². The molecule has 0 saturated carbocycles. The van der Waals surface area contributed by atoms with Crippen LogP contribution in [0.5, 0.6) is 11.5 Å². The van der Waals surface area contributed by atoms with Crippen molar-refractivity contribution < 1.29 is 14.3 Å². The summed E-state index contributed by atoms with van der Waals surface area (Å²) >= 11 is 1.43. The first-order chi connectivity index (χ1) is 13.1. The number of aromatic nitrogens is 1. The molecule has 1 N–H and O–H groups in total. The predicted molar refractivity (Wildman–Crippen MR) is 108 cm³/mol. The predicted octanol–water partition coefficient (Wildman–Crippen LogP) is 4.36.